The number of benzene rings is 1. The minimum Gasteiger partial charge on any atom is -0.476 e. The molecule has 0 unspecified atom stereocenters. The Morgan fingerprint density at radius 1 is 1.43 bits per heavy atom. The lowest BCUT2D eigenvalue weighted by atomic mass is 10.3. The average molecular weight is 303 g/mol. The third-order valence-electron chi connectivity index (χ3n) is 2.98. The number of anilines is 1. The summed E-state index contributed by atoms with van der Waals surface area (Å²) in [6.07, 6.45) is 1.67. The van der Waals surface area contributed by atoms with E-state index >= 15 is 0 Å². The Labute approximate surface area is 124 Å². The van der Waals surface area contributed by atoms with Gasteiger partial charge in [-0.15, -0.1) is 11.3 Å². The van der Waals surface area contributed by atoms with Crippen molar-refractivity contribution in [3.63, 3.8) is 0 Å². The van der Waals surface area contributed by atoms with Gasteiger partial charge in [0.1, 0.15) is 5.75 Å². The number of rotatable bonds is 4. The first kappa shape index (κ1) is 13.4. The summed E-state index contributed by atoms with van der Waals surface area (Å²) in [5.41, 5.74) is 0.993. The summed E-state index contributed by atoms with van der Waals surface area (Å²) in [7, 11) is 3.85. The zero-order valence-electron chi connectivity index (χ0n) is 11.5. The number of hydrogen-bond donors (Lipinski definition) is 1. The van der Waals surface area contributed by atoms with Crippen LogP contribution in [-0.4, -0.2) is 34.6 Å². The van der Waals surface area contributed by atoms with Crippen molar-refractivity contribution < 1.29 is 14.6 Å². The smallest absolute Gasteiger partial charge is 0.358 e. The maximum absolute atomic E-state index is 11.4. The van der Waals surface area contributed by atoms with Crippen LogP contribution in [0.2, 0.25) is 0 Å². The SMILES string of the molecule is CN(C)c1cccc(Oc2nc3sccn3c2C(=O)O)c1. The molecule has 7 heteroatoms. The fraction of sp³-hybridized carbons (Fsp3) is 0.143. The van der Waals surface area contributed by atoms with Crippen LogP contribution in [0, 0.1) is 0 Å². The van der Waals surface area contributed by atoms with Crippen LogP contribution in [0.25, 0.3) is 4.96 Å². The van der Waals surface area contributed by atoms with Crippen LogP contribution in [0.3, 0.4) is 0 Å². The molecule has 0 amide bonds. The molecule has 1 N–H and O–H groups in total. The monoisotopic (exact) mass is 303 g/mol. The predicted octanol–water partition coefficient (Wildman–Crippen LogP) is 2.95. The highest BCUT2D eigenvalue weighted by molar-refractivity contribution is 7.15. The van der Waals surface area contributed by atoms with E-state index in [2.05, 4.69) is 4.98 Å². The van der Waals surface area contributed by atoms with Crippen LogP contribution in [-0.2, 0) is 0 Å². The lowest BCUT2D eigenvalue weighted by Gasteiger charge is -2.13. The first-order valence-electron chi connectivity index (χ1n) is 6.20. The molecule has 2 aromatic heterocycles. The van der Waals surface area contributed by atoms with Crippen molar-refractivity contribution in [3.8, 4) is 11.6 Å². The number of aromatic nitrogens is 2. The summed E-state index contributed by atoms with van der Waals surface area (Å²) < 4.78 is 7.18. The van der Waals surface area contributed by atoms with Crippen molar-refractivity contribution in [1.29, 1.82) is 0 Å². The second kappa shape index (κ2) is 5.10. The number of hydrogen-bond acceptors (Lipinski definition) is 5. The average Bonchev–Trinajstić information content (AvgIpc) is 2.98. The van der Waals surface area contributed by atoms with Crippen LogP contribution >= 0.6 is 11.3 Å². The summed E-state index contributed by atoms with van der Waals surface area (Å²) in [5.74, 6) is -0.417. The Balaban J connectivity index is 2.01. The van der Waals surface area contributed by atoms with Crippen molar-refractivity contribution >= 4 is 28.0 Å². The van der Waals surface area contributed by atoms with Crippen LogP contribution in [0.5, 0.6) is 11.6 Å². The number of aromatic carboxylic acids is 1. The Bertz CT molecular complexity index is 807. The minimum atomic E-state index is -1.07. The molecule has 2 heterocycles. The molecule has 1 aromatic carbocycles. The molecule has 3 aromatic rings. The van der Waals surface area contributed by atoms with Gasteiger partial charge in [-0.2, -0.15) is 4.98 Å². The Morgan fingerprint density at radius 3 is 2.95 bits per heavy atom. The highest BCUT2D eigenvalue weighted by Gasteiger charge is 2.21. The van der Waals surface area contributed by atoms with Crippen LogP contribution in [0.15, 0.2) is 35.8 Å². The van der Waals surface area contributed by atoms with Crippen LogP contribution in [0.4, 0.5) is 5.69 Å². The Kier molecular flexibility index (Phi) is 3.26. The molecule has 0 radical (unpaired) electrons. The topological polar surface area (TPSA) is 67.1 Å². The molecule has 0 aliphatic rings. The maximum Gasteiger partial charge on any atom is 0.358 e. The van der Waals surface area contributed by atoms with E-state index in [1.54, 1.807) is 17.6 Å². The maximum atomic E-state index is 11.4. The number of carboxylic acid groups (broad SMARTS) is 1. The van der Waals surface area contributed by atoms with E-state index in [1.165, 1.54) is 15.7 Å². The van der Waals surface area contributed by atoms with E-state index in [-0.39, 0.29) is 11.6 Å². The van der Waals surface area contributed by atoms with Crippen LogP contribution in [0.1, 0.15) is 10.5 Å². The fourth-order valence-corrected chi connectivity index (χ4v) is 2.67. The van der Waals surface area contributed by atoms with Crippen molar-refractivity contribution in [2.75, 3.05) is 19.0 Å². The molecule has 3 rings (SSSR count). The van der Waals surface area contributed by atoms with Gasteiger partial charge in [-0.25, -0.2) is 4.79 Å². The second-order valence-corrected chi connectivity index (χ2v) is 5.49. The van der Waals surface area contributed by atoms with Gasteiger partial charge >= 0.3 is 5.97 Å². The normalized spacial score (nSPS) is 10.8. The number of carboxylic acids is 1. The second-order valence-electron chi connectivity index (χ2n) is 4.62. The zero-order valence-corrected chi connectivity index (χ0v) is 12.3. The summed E-state index contributed by atoms with van der Waals surface area (Å²) in [5, 5.41) is 11.1. The number of imidazole rings is 1. The van der Waals surface area contributed by atoms with E-state index in [9.17, 15) is 9.90 Å². The van der Waals surface area contributed by atoms with Gasteiger partial charge in [0.15, 0.2) is 10.7 Å². The number of ether oxygens (including phenoxy) is 1. The van der Waals surface area contributed by atoms with Gasteiger partial charge in [0.2, 0.25) is 0 Å². The quantitative estimate of drug-likeness (QED) is 0.802. The summed E-state index contributed by atoms with van der Waals surface area (Å²) in [6, 6.07) is 7.39. The molecular weight excluding hydrogens is 290 g/mol. The van der Waals surface area contributed by atoms with E-state index in [1.807, 2.05) is 37.2 Å². The molecule has 6 nitrogen and oxygen atoms in total. The summed E-state index contributed by atoms with van der Waals surface area (Å²) in [4.78, 5) is 18.2. The van der Waals surface area contributed by atoms with E-state index in [4.69, 9.17) is 4.74 Å². The number of fused-ring (bicyclic) bond motifs is 1. The molecule has 21 heavy (non-hydrogen) atoms. The van der Waals surface area contributed by atoms with Crippen molar-refractivity contribution in [1.82, 2.24) is 9.38 Å². The molecule has 0 fully saturated rings. The molecule has 0 saturated heterocycles. The molecule has 0 saturated carbocycles. The minimum absolute atomic E-state index is 0.0292. The third kappa shape index (κ3) is 2.43. The fourth-order valence-electron chi connectivity index (χ4n) is 1.97. The largest absolute Gasteiger partial charge is 0.476 e. The van der Waals surface area contributed by atoms with E-state index < -0.39 is 5.97 Å². The van der Waals surface area contributed by atoms with Gasteiger partial charge < -0.3 is 14.7 Å². The molecule has 0 spiro atoms. The zero-order chi connectivity index (χ0) is 15.0. The molecule has 0 bridgehead atoms. The molecule has 0 aliphatic carbocycles. The first-order chi connectivity index (χ1) is 10.1. The van der Waals surface area contributed by atoms with E-state index in [0.29, 0.717) is 10.7 Å². The van der Waals surface area contributed by atoms with Crippen molar-refractivity contribution in [2.45, 2.75) is 0 Å². The number of thiazole rings is 1. The standard InChI is InChI=1S/C14H13N3O3S/c1-16(2)9-4-3-5-10(8-9)20-12-11(13(18)19)17-6-7-21-14(17)15-12/h3-8H,1-2H3,(H,18,19). The highest BCUT2D eigenvalue weighted by atomic mass is 32.1. The summed E-state index contributed by atoms with van der Waals surface area (Å²) in [6.45, 7) is 0. The first-order valence-corrected chi connectivity index (χ1v) is 7.08. The third-order valence-corrected chi connectivity index (χ3v) is 3.74. The van der Waals surface area contributed by atoms with Gasteiger partial charge in [-0.3, -0.25) is 4.40 Å². The molecular formula is C14H13N3O3S. The molecule has 0 atom stereocenters. The number of nitrogens with zero attached hydrogens (tertiary/aromatic N) is 3. The molecule has 0 aliphatic heterocycles. The van der Waals surface area contributed by atoms with E-state index in [0.717, 1.165) is 5.69 Å². The van der Waals surface area contributed by atoms with Gasteiger partial charge in [0, 0.05) is 37.4 Å². The molecule has 108 valence electrons. The Hall–Kier alpha value is -2.54. The number of carbonyl (C=O) groups is 1. The van der Waals surface area contributed by atoms with Crippen LogP contribution < -0.4 is 9.64 Å². The van der Waals surface area contributed by atoms with Crippen molar-refractivity contribution in [3.05, 3.63) is 41.5 Å². The lowest BCUT2D eigenvalue weighted by Crippen LogP contribution is -2.08. The highest BCUT2D eigenvalue weighted by Crippen LogP contribution is 2.29. The Morgan fingerprint density at radius 2 is 2.24 bits per heavy atom. The van der Waals surface area contributed by atoms with Crippen molar-refractivity contribution in [2.24, 2.45) is 0 Å². The van der Waals surface area contributed by atoms with Gasteiger partial charge in [-0.05, 0) is 12.1 Å². The predicted molar refractivity (Wildman–Crippen MR) is 80.9 cm³/mol. The van der Waals surface area contributed by atoms with Gasteiger partial charge in [0.25, 0.3) is 5.88 Å². The van der Waals surface area contributed by atoms with Gasteiger partial charge in [0.05, 0.1) is 0 Å². The summed E-state index contributed by atoms with van der Waals surface area (Å²) >= 11 is 1.36. The lowest BCUT2D eigenvalue weighted by molar-refractivity contribution is 0.0686. The van der Waals surface area contributed by atoms with Gasteiger partial charge in [-0.1, -0.05) is 6.07 Å².